The van der Waals surface area contributed by atoms with Crippen molar-refractivity contribution in [2.24, 2.45) is 16.7 Å². The standard InChI is InChI=1S/C13H24N4O2S/c1-12(2)10(13(12,3)4)8-16-20(18,19)11-9(6-14-5)7-15-17-11/h7,10,14,16H,6,8H2,1-5H3,(H,15,17). The van der Waals surface area contributed by atoms with Gasteiger partial charge in [0.2, 0.25) is 0 Å². The number of nitrogens with one attached hydrogen (secondary N) is 3. The van der Waals surface area contributed by atoms with Crippen LogP contribution in [0.1, 0.15) is 33.3 Å². The van der Waals surface area contributed by atoms with Gasteiger partial charge in [0.05, 0.1) is 6.20 Å². The van der Waals surface area contributed by atoms with Gasteiger partial charge in [-0.2, -0.15) is 5.10 Å². The Kier molecular flexibility index (Phi) is 3.73. The van der Waals surface area contributed by atoms with Crippen molar-refractivity contribution in [3.8, 4) is 0 Å². The molecule has 0 aliphatic heterocycles. The van der Waals surface area contributed by atoms with Crippen LogP contribution in [-0.2, 0) is 16.6 Å². The molecule has 1 aromatic heterocycles. The lowest BCUT2D eigenvalue weighted by Gasteiger charge is -2.08. The lowest BCUT2D eigenvalue weighted by atomic mass is 10.0. The van der Waals surface area contributed by atoms with Crippen LogP contribution in [0.2, 0.25) is 0 Å². The molecule has 2 rings (SSSR count). The predicted octanol–water partition coefficient (Wildman–Crippen LogP) is 1.09. The van der Waals surface area contributed by atoms with Gasteiger partial charge in [0.25, 0.3) is 10.0 Å². The SMILES string of the molecule is CNCc1cn[nH]c1S(=O)(=O)NCC1C(C)(C)C1(C)C. The molecule has 0 saturated heterocycles. The van der Waals surface area contributed by atoms with E-state index in [0.717, 1.165) is 0 Å². The first-order chi connectivity index (χ1) is 9.14. The van der Waals surface area contributed by atoms with Crippen LogP contribution in [0.4, 0.5) is 0 Å². The Balaban J connectivity index is 2.08. The Morgan fingerprint density at radius 2 is 1.90 bits per heavy atom. The second kappa shape index (κ2) is 4.82. The summed E-state index contributed by atoms with van der Waals surface area (Å²) >= 11 is 0. The van der Waals surface area contributed by atoms with Gasteiger partial charge in [-0.3, -0.25) is 5.10 Å². The summed E-state index contributed by atoms with van der Waals surface area (Å²) in [6, 6.07) is 0. The zero-order chi connectivity index (χ0) is 15.2. The molecule has 3 N–H and O–H groups in total. The van der Waals surface area contributed by atoms with E-state index in [0.29, 0.717) is 24.6 Å². The highest BCUT2D eigenvalue weighted by Gasteiger charge is 2.64. The summed E-state index contributed by atoms with van der Waals surface area (Å²) in [5.41, 5.74) is 0.976. The molecule has 7 heteroatoms. The quantitative estimate of drug-likeness (QED) is 0.734. The molecule has 0 bridgehead atoms. The zero-order valence-corrected chi connectivity index (χ0v) is 13.6. The monoisotopic (exact) mass is 300 g/mol. The molecule has 1 fully saturated rings. The van der Waals surface area contributed by atoms with Gasteiger partial charge in [0.15, 0.2) is 5.03 Å². The van der Waals surface area contributed by atoms with E-state index in [1.807, 2.05) is 0 Å². The Morgan fingerprint density at radius 1 is 1.30 bits per heavy atom. The van der Waals surface area contributed by atoms with Gasteiger partial charge in [0, 0.05) is 18.7 Å². The number of hydrogen-bond acceptors (Lipinski definition) is 4. The number of nitrogens with zero attached hydrogens (tertiary/aromatic N) is 1. The van der Waals surface area contributed by atoms with E-state index in [2.05, 4.69) is 47.9 Å². The maximum atomic E-state index is 12.3. The van der Waals surface area contributed by atoms with Gasteiger partial charge in [0.1, 0.15) is 0 Å². The fourth-order valence-corrected chi connectivity index (χ4v) is 4.13. The van der Waals surface area contributed by atoms with E-state index in [9.17, 15) is 8.42 Å². The maximum Gasteiger partial charge on any atom is 0.257 e. The van der Waals surface area contributed by atoms with E-state index in [1.54, 1.807) is 7.05 Å². The summed E-state index contributed by atoms with van der Waals surface area (Å²) in [5, 5.41) is 9.49. The topological polar surface area (TPSA) is 86.9 Å². The molecule has 0 unspecified atom stereocenters. The number of hydrogen-bond donors (Lipinski definition) is 3. The molecule has 1 aromatic rings. The molecule has 20 heavy (non-hydrogen) atoms. The minimum absolute atomic E-state index is 0.156. The van der Waals surface area contributed by atoms with Crippen LogP contribution >= 0.6 is 0 Å². The number of rotatable bonds is 6. The molecule has 114 valence electrons. The molecular weight excluding hydrogens is 276 g/mol. The Bertz CT molecular complexity index is 575. The van der Waals surface area contributed by atoms with Crippen LogP contribution in [0, 0.1) is 16.7 Å². The minimum atomic E-state index is -3.53. The van der Waals surface area contributed by atoms with E-state index in [1.165, 1.54) is 6.20 Å². The summed E-state index contributed by atoms with van der Waals surface area (Å²) in [6.07, 6.45) is 1.54. The molecule has 0 atom stereocenters. The highest BCUT2D eigenvalue weighted by atomic mass is 32.2. The van der Waals surface area contributed by atoms with Gasteiger partial charge in [-0.15, -0.1) is 0 Å². The third-order valence-corrected chi connectivity index (χ3v) is 6.55. The first kappa shape index (κ1) is 15.5. The van der Waals surface area contributed by atoms with Crippen molar-refractivity contribution in [3.63, 3.8) is 0 Å². The summed E-state index contributed by atoms with van der Waals surface area (Å²) < 4.78 is 27.4. The molecule has 1 heterocycles. The minimum Gasteiger partial charge on any atom is -0.316 e. The average Bonchev–Trinajstić information content (AvgIpc) is 2.71. The Labute approximate surface area is 120 Å². The van der Waals surface area contributed by atoms with Crippen molar-refractivity contribution in [1.29, 1.82) is 0 Å². The van der Waals surface area contributed by atoms with Crippen molar-refractivity contribution < 1.29 is 8.42 Å². The molecule has 1 aliphatic rings. The van der Waals surface area contributed by atoms with E-state index in [-0.39, 0.29) is 15.9 Å². The fourth-order valence-electron chi connectivity index (χ4n) is 2.96. The summed E-state index contributed by atoms with van der Waals surface area (Å²) in [5.74, 6) is 0.348. The largest absolute Gasteiger partial charge is 0.316 e. The first-order valence-corrected chi connectivity index (χ1v) is 8.29. The molecule has 0 amide bonds. The molecule has 0 spiro atoms. The molecule has 1 saturated carbocycles. The average molecular weight is 300 g/mol. The van der Waals surface area contributed by atoms with Crippen LogP contribution in [-0.4, -0.2) is 32.2 Å². The maximum absolute atomic E-state index is 12.3. The molecule has 0 aromatic carbocycles. The smallest absolute Gasteiger partial charge is 0.257 e. The van der Waals surface area contributed by atoms with Crippen LogP contribution in [0.15, 0.2) is 11.2 Å². The lowest BCUT2D eigenvalue weighted by molar-refractivity contribution is 0.457. The third kappa shape index (κ3) is 2.38. The second-order valence-electron chi connectivity index (χ2n) is 6.60. The van der Waals surface area contributed by atoms with Gasteiger partial charge < -0.3 is 5.32 Å². The van der Waals surface area contributed by atoms with Crippen molar-refractivity contribution in [2.45, 2.75) is 39.3 Å². The van der Waals surface area contributed by atoms with Crippen molar-refractivity contribution in [3.05, 3.63) is 11.8 Å². The normalized spacial score (nSPS) is 21.1. The van der Waals surface area contributed by atoms with Gasteiger partial charge in [-0.1, -0.05) is 27.7 Å². The molecule has 6 nitrogen and oxygen atoms in total. The highest BCUT2D eigenvalue weighted by Crippen LogP contribution is 2.67. The Morgan fingerprint density at radius 3 is 2.40 bits per heavy atom. The fraction of sp³-hybridized carbons (Fsp3) is 0.769. The van der Waals surface area contributed by atoms with Crippen LogP contribution in [0.5, 0.6) is 0 Å². The van der Waals surface area contributed by atoms with Crippen LogP contribution in [0.25, 0.3) is 0 Å². The summed E-state index contributed by atoms with van der Waals surface area (Å²) in [7, 11) is -1.76. The van der Waals surface area contributed by atoms with Crippen LogP contribution in [0.3, 0.4) is 0 Å². The molecule has 0 radical (unpaired) electrons. The van der Waals surface area contributed by atoms with Crippen molar-refractivity contribution in [1.82, 2.24) is 20.2 Å². The van der Waals surface area contributed by atoms with Gasteiger partial charge in [-0.05, 0) is 23.8 Å². The summed E-state index contributed by atoms with van der Waals surface area (Å²) in [6.45, 7) is 9.62. The van der Waals surface area contributed by atoms with Crippen LogP contribution < -0.4 is 10.0 Å². The van der Waals surface area contributed by atoms with E-state index >= 15 is 0 Å². The molecule has 1 aliphatic carbocycles. The van der Waals surface area contributed by atoms with Crippen molar-refractivity contribution >= 4 is 10.0 Å². The zero-order valence-electron chi connectivity index (χ0n) is 12.7. The van der Waals surface area contributed by atoms with E-state index in [4.69, 9.17) is 0 Å². The lowest BCUT2D eigenvalue weighted by Crippen LogP contribution is -2.28. The van der Waals surface area contributed by atoms with Gasteiger partial charge >= 0.3 is 0 Å². The number of aromatic amines is 1. The highest BCUT2D eigenvalue weighted by molar-refractivity contribution is 7.89. The predicted molar refractivity (Wildman–Crippen MR) is 77.6 cm³/mol. The first-order valence-electron chi connectivity index (χ1n) is 6.81. The van der Waals surface area contributed by atoms with E-state index < -0.39 is 10.0 Å². The van der Waals surface area contributed by atoms with Crippen molar-refractivity contribution in [2.75, 3.05) is 13.6 Å². The summed E-state index contributed by atoms with van der Waals surface area (Å²) in [4.78, 5) is 0. The number of aromatic nitrogens is 2. The number of sulfonamides is 1. The molecular formula is C13H24N4O2S. The second-order valence-corrected chi connectivity index (χ2v) is 8.31. The van der Waals surface area contributed by atoms with Gasteiger partial charge in [-0.25, -0.2) is 13.1 Å². The number of H-pyrrole nitrogens is 1. The third-order valence-electron chi connectivity index (χ3n) is 5.11. The Hall–Kier alpha value is -0.920.